The van der Waals surface area contributed by atoms with E-state index in [4.69, 9.17) is 4.99 Å². The van der Waals surface area contributed by atoms with Gasteiger partial charge in [0.15, 0.2) is 5.17 Å². The van der Waals surface area contributed by atoms with Crippen LogP contribution < -0.4 is 5.32 Å². The van der Waals surface area contributed by atoms with Crippen LogP contribution in [0.5, 0.6) is 0 Å². The maximum atomic E-state index is 13.2. The van der Waals surface area contributed by atoms with E-state index in [1.807, 2.05) is 35.2 Å². The molecule has 2 aromatic carbocycles. The van der Waals surface area contributed by atoms with Crippen molar-refractivity contribution in [1.82, 2.24) is 4.90 Å². The van der Waals surface area contributed by atoms with E-state index in [1.165, 1.54) is 18.2 Å². The number of amidine groups is 1. The third kappa shape index (κ3) is 7.43. The Morgan fingerprint density at radius 1 is 0.946 bits per heavy atom. The summed E-state index contributed by atoms with van der Waals surface area (Å²) in [5.41, 5.74) is -2.47. The molecule has 2 fully saturated rings. The van der Waals surface area contributed by atoms with Crippen LogP contribution in [0.3, 0.4) is 0 Å². The van der Waals surface area contributed by atoms with Gasteiger partial charge in [-0.25, -0.2) is 0 Å². The monoisotopic (exact) mass is 543 g/mol. The molecule has 1 saturated heterocycles. The molecule has 4 rings (SSSR count). The fourth-order valence-corrected chi connectivity index (χ4v) is 5.82. The van der Waals surface area contributed by atoms with E-state index >= 15 is 0 Å². The number of halogens is 6. The number of aliphatic imine (C=N–C) groups is 1. The quantitative estimate of drug-likeness (QED) is 0.387. The summed E-state index contributed by atoms with van der Waals surface area (Å²) in [5, 5.41) is 3.09. The highest BCUT2D eigenvalue weighted by atomic mass is 32.2. The summed E-state index contributed by atoms with van der Waals surface area (Å²) >= 11 is 1.53. The van der Waals surface area contributed by atoms with Crippen molar-refractivity contribution in [2.75, 3.05) is 11.1 Å². The van der Waals surface area contributed by atoms with Gasteiger partial charge in [0.05, 0.1) is 17.2 Å². The van der Waals surface area contributed by atoms with Crippen LogP contribution in [0, 0.1) is 0 Å². The molecule has 1 heterocycles. The lowest BCUT2D eigenvalue weighted by Crippen LogP contribution is -2.37. The lowest BCUT2D eigenvalue weighted by atomic mass is 9.96. The van der Waals surface area contributed by atoms with Crippen LogP contribution in [0.2, 0.25) is 0 Å². The summed E-state index contributed by atoms with van der Waals surface area (Å²) in [6, 6.07) is 10.6. The molecule has 1 N–H and O–H groups in total. The van der Waals surface area contributed by atoms with Gasteiger partial charge in [0.1, 0.15) is 0 Å². The molecule has 37 heavy (non-hydrogen) atoms. The smallest absolute Gasteiger partial charge is 0.343 e. The third-order valence-corrected chi connectivity index (χ3v) is 7.60. The molecule has 1 unspecified atom stereocenters. The highest BCUT2D eigenvalue weighted by molar-refractivity contribution is 8.14. The van der Waals surface area contributed by atoms with Crippen molar-refractivity contribution in [3.63, 3.8) is 0 Å². The van der Waals surface area contributed by atoms with Crippen LogP contribution >= 0.6 is 11.8 Å². The summed E-state index contributed by atoms with van der Waals surface area (Å²) in [7, 11) is 0. The maximum absolute atomic E-state index is 13.2. The predicted molar refractivity (Wildman–Crippen MR) is 132 cm³/mol. The summed E-state index contributed by atoms with van der Waals surface area (Å²) in [6.07, 6.45) is -4.63. The van der Waals surface area contributed by atoms with E-state index in [2.05, 4.69) is 5.32 Å². The van der Waals surface area contributed by atoms with Crippen LogP contribution in [-0.2, 0) is 23.7 Å². The third-order valence-electron chi connectivity index (χ3n) is 6.45. The van der Waals surface area contributed by atoms with E-state index in [-0.39, 0.29) is 24.6 Å². The Balaban J connectivity index is 1.52. The standard InChI is InChI=1S/C26H27F6N3OS/c27-25(28,29)18-11-19(26(30,31)32)13-21(12-18)33-23(36)14-22-16-37-24(34-20-9-5-2-6-10-20)35(22)15-17-7-3-1-4-8-17/h1,3-4,7-8,11-13,20,22H,2,5-6,9-10,14-16H2,(H,33,36). The summed E-state index contributed by atoms with van der Waals surface area (Å²) < 4.78 is 79.2. The summed E-state index contributed by atoms with van der Waals surface area (Å²) in [6.45, 7) is 0.499. The summed E-state index contributed by atoms with van der Waals surface area (Å²) in [5.74, 6) is -0.114. The van der Waals surface area contributed by atoms with Crippen molar-refractivity contribution in [1.29, 1.82) is 0 Å². The van der Waals surface area contributed by atoms with Gasteiger partial charge in [0.25, 0.3) is 0 Å². The van der Waals surface area contributed by atoms with Gasteiger partial charge in [-0.1, -0.05) is 61.4 Å². The number of nitrogens with one attached hydrogen (secondary N) is 1. The molecule has 200 valence electrons. The molecule has 1 atom stereocenters. The Morgan fingerprint density at radius 3 is 2.16 bits per heavy atom. The number of anilines is 1. The van der Waals surface area contributed by atoms with Crippen LogP contribution in [0.1, 0.15) is 55.2 Å². The second-order valence-electron chi connectivity index (χ2n) is 9.33. The van der Waals surface area contributed by atoms with E-state index in [9.17, 15) is 31.1 Å². The first kappa shape index (κ1) is 27.3. The first-order valence-electron chi connectivity index (χ1n) is 12.1. The van der Waals surface area contributed by atoms with E-state index in [0.29, 0.717) is 24.4 Å². The molecule has 0 radical (unpaired) electrons. The second kappa shape index (κ2) is 11.4. The van der Waals surface area contributed by atoms with Gasteiger partial charge >= 0.3 is 12.4 Å². The summed E-state index contributed by atoms with van der Waals surface area (Å²) in [4.78, 5) is 19.8. The fourth-order valence-electron chi connectivity index (χ4n) is 4.58. The highest BCUT2D eigenvalue weighted by Crippen LogP contribution is 2.38. The molecule has 1 amide bonds. The molecule has 1 aliphatic heterocycles. The molecule has 11 heteroatoms. The number of benzene rings is 2. The normalized spacial score (nSPS) is 20.4. The molecule has 1 aliphatic carbocycles. The van der Waals surface area contributed by atoms with Gasteiger partial charge < -0.3 is 10.2 Å². The molecular formula is C26H27F6N3OS. The SMILES string of the molecule is O=C(CC1CSC(=NC2CCCCC2)N1Cc1ccccc1)Nc1cc(C(F)(F)F)cc(C(F)(F)F)c1. The van der Waals surface area contributed by atoms with Gasteiger partial charge in [-0.15, -0.1) is 0 Å². The molecule has 2 aliphatic rings. The van der Waals surface area contributed by atoms with Gasteiger partial charge in [-0.3, -0.25) is 9.79 Å². The molecule has 1 saturated carbocycles. The number of alkyl halides is 6. The van der Waals surface area contributed by atoms with Crippen molar-refractivity contribution in [2.45, 2.75) is 69.5 Å². The molecule has 0 aromatic heterocycles. The highest BCUT2D eigenvalue weighted by Gasteiger charge is 2.37. The maximum Gasteiger partial charge on any atom is 0.416 e. The largest absolute Gasteiger partial charge is 0.416 e. The van der Waals surface area contributed by atoms with Crippen molar-refractivity contribution >= 4 is 28.5 Å². The van der Waals surface area contributed by atoms with Crippen molar-refractivity contribution in [3.05, 3.63) is 65.2 Å². The predicted octanol–water partition coefficient (Wildman–Crippen LogP) is 7.36. The number of rotatable bonds is 6. The Bertz CT molecular complexity index is 1080. The zero-order valence-electron chi connectivity index (χ0n) is 19.9. The van der Waals surface area contributed by atoms with E-state index < -0.39 is 35.1 Å². The van der Waals surface area contributed by atoms with Crippen LogP contribution in [-0.4, -0.2) is 33.8 Å². The Morgan fingerprint density at radius 2 is 1.57 bits per heavy atom. The van der Waals surface area contributed by atoms with Gasteiger partial charge in [0.2, 0.25) is 5.91 Å². The van der Waals surface area contributed by atoms with Crippen molar-refractivity contribution in [2.24, 2.45) is 4.99 Å². The number of hydrogen-bond donors (Lipinski definition) is 1. The Labute approximate surface area is 215 Å². The molecular weight excluding hydrogens is 516 g/mol. The lowest BCUT2D eigenvalue weighted by Gasteiger charge is -2.27. The second-order valence-corrected chi connectivity index (χ2v) is 10.3. The zero-order chi connectivity index (χ0) is 26.6. The molecule has 0 bridgehead atoms. The molecule has 0 spiro atoms. The van der Waals surface area contributed by atoms with Crippen LogP contribution in [0.15, 0.2) is 53.5 Å². The number of thioether (sulfide) groups is 1. The number of amides is 1. The minimum atomic E-state index is -4.99. The molecule has 2 aromatic rings. The first-order valence-corrected chi connectivity index (χ1v) is 13.1. The van der Waals surface area contributed by atoms with Crippen molar-refractivity contribution < 1.29 is 31.1 Å². The van der Waals surface area contributed by atoms with Crippen LogP contribution in [0.25, 0.3) is 0 Å². The van der Waals surface area contributed by atoms with Crippen LogP contribution in [0.4, 0.5) is 32.0 Å². The topological polar surface area (TPSA) is 44.7 Å². The number of carbonyl (C=O) groups excluding carboxylic acids is 1. The van der Waals surface area contributed by atoms with Gasteiger partial charge in [-0.05, 0) is 36.6 Å². The Hall–Kier alpha value is -2.69. The number of hydrogen-bond acceptors (Lipinski definition) is 3. The lowest BCUT2D eigenvalue weighted by molar-refractivity contribution is -0.143. The number of carbonyl (C=O) groups is 1. The average Bonchev–Trinajstić information content (AvgIpc) is 3.19. The first-order chi connectivity index (χ1) is 17.5. The van der Waals surface area contributed by atoms with E-state index in [1.54, 1.807) is 0 Å². The van der Waals surface area contributed by atoms with Gasteiger partial charge in [-0.2, -0.15) is 26.3 Å². The van der Waals surface area contributed by atoms with Gasteiger partial charge in [0, 0.05) is 30.4 Å². The minimum Gasteiger partial charge on any atom is -0.343 e. The Kier molecular flexibility index (Phi) is 8.40. The van der Waals surface area contributed by atoms with E-state index in [0.717, 1.165) is 36.4 Å². The zero-order valence-corrected chi connectivity index (χ0v) is 20.7. The molecule has 4 nitrogen and oxygen atoms in total. The number of nitrogens with zero attached hydrogens (tertiary/aromatic N) is 2. The fraction of sp³-hybridized carbons (Fsp3) is 0.462. The minimum absolute atomic E-state index is 0.0405. The average molecular weight is 544 g/mol. The van der Waals surface area contributed by atoms with Crippen molar-refractivity contribution in [3.8, 4) is 0 Å².